The third-order valence-corrected chi connectivity index (χ3v) is 4.58. The first-order valence-corrected chi connectivity index (χ1v) is 9.12. The topological polar surface area (TPSA) is 66.2 Å². The molecule has 30 heavy (non-hydrogen) atoms. The average Bonchev–Trinajstić information content (AvgIpc) is 2.74. The summed E-state index contributed by atoms with van der Waals surface area (Å²) in [5, 5.41) is 0.116. The lowest BCUT2D eigenvalue weighted by Gasteiger charge is -2.13. The smallest absolute Gasteiger partial charge is 0.387 e. The number of pyridine rings is 1. The number of halogens is 3. The zero-order valence-electron chi connectivity index (χ0n) is 15.6. The van der Waals surface area contributed by atoms with E-state index in [1.807, 2.05) is 0 Å². The molecule has 4 rings (SSSR count). The van der Waals surface area contributed by atoms with Crippen molar-refractivity contribution in [3.63, 3.8) is 0 Å². The summed E-state index contributed by atoms with van der Waals surface area (Å²) >= 11 is 6.00. The molecule has 2 heterocycles. The van der Waals surface area contributed by atoms with E-state index in [0.29, 0.717) is 28.1 Å². The van der Waals surface area contributed by atoms with E-state index in [9.17, 15) is 13.6 Å². The van der Waals surface area contributed by atoms with Crippen LogP contribution in [0, 0.1) is 0 Å². The predicted octanol–water partition coefficient (Wildman–Crippen LogP) is 4.71. The van der Waals surface area contributed by atoms with Crippen molar-refractivity contribution < 1.29 is 18.3 Å². The predicted molar refractivity (Wildman–Crippen MR) is 109 cm³/mol. The summed E-state index contributed by atoms with van der Waals surface area (Å²) in [6.07, 6.45) is 1.39. The number of fused-ring (bicyclic) bond motifs is 1. The van der Waals surface area contributed by atoms with Crippen molar-refractivity contribution in [1.29, 1.82) is 0 Å². The van der Waals surface area contributed by atoms with Gasteiger partial charge >= 0.3 is 6.61 Å². The Morgan fingerprint density at radius 3 is 2.33 bits per heavy atom. The molecule has 0 fully saturated rings. The van der Waals surface area contributed by atoms with Crippen LogP contribution in [0.4, 0.5) is 8.78 Å². The van der Waals surface area contributed by atoms with Gasteiger partial charge in [0.15, 0.2) is 5.65 Å². The highest BCUT2D eigenvalue weighted by Crippen LogP contribution is 2.25. The SMILES string of the molecule is COc1ccc(-c2cc3ncc(Cl)nc3n(-c3ccc(OC(F)F)cc3)c2=O)cc1. The molecule has 0 aliphatic heterocycles. The first-order chi connectivity index (χ1) is 14.5. The molecule has 0 saturated carbocycles. The van der Waals surface area contributed by atoms with Crippen LogP contribution in [0.3, 0.4) is 0 Å². The molecule has 0 spiro atoms. The van der Waals surface area contributed by atoms with Crippen LogP contribution < -0.4 is 15.0 Å². The third kappa shape index (κ3) is 3.81. The largest absolute Gasteiger partial charge is 0.497 e. The third-order valence-electron chi connectivity index (χ3n) is 4.40. The molecule has 2 aromatic heterocycles. The van der Waals surface area contributed by atoms with Gasteiger partial charge in [-0.2, -0.15) is 8.78 Å². The zero-order chi connectivity index (χ0) is 21.3. The fourth-order valence-electron chi connectivity index (χ4n) is 3.04. The molecule has 6 nitrogen and oxygen atoms in total. The number of nitrogens with zero attached hydrogens (tertiary/aromatic N) is 3. The maximum atomic E-state index is 13.4. The van der Waals surface area contributed by atoms with Gasteiger partial charge in [-0.25, -0.2) is 9.97 Å². The van der Waals surface area contributed by atoms with Crippen molar-refractivity contribution in [2.24, 2.45) is 0 Å². The molecule has 2 aromatic carbocycles. The van der Waals surface area contributed by atoms with Crippen LogP contribution in [0.25, 0.3) is 28.0 Å². The maximum Gasteiger partial charge on any atom is 0.387 e. The lowest BCUT2D eigenvalue weighted by Crippen LogP contribution is -2.21. The number of hydrogen-bond donors (Lipinski definition) is 0. The highest BCUT2D eigenvalue weighted by atomic mass is 35.5. The Balaban J connectivity index is 1.93. The Kier molecular flexibility index (Phi) is 5.33. The fourth-order valence-corrected chi connectivity index (χ4v) is 3.17. The second kappa shape index (κ2) is 8.08. The van der Waals surface area contributed by atoms with Gasteiger partial charge in [-0.1, -0.05) is 23.7 Å². The molecule has 0 amide bonds. The summed E-state index contributed by atoms with van der Waals surface area (Å²) < 4.78 is 35.7. The van der Waals surface area contributed by atoms with Gasteiger partial charge in [0, 0.05) is 5.56 Å². The molecule has 0 aliphatic rings. The molecule has 0 unspecified atom stereocenters. The summed E-state index contributed by atoms with van der Waals surface area (Å²) in [6, 6.07) is 14.3. The molecule has 0 aliphatic carbocycles. The van der Waals surface area contributed by atoms with Crippen LogP contribution in [0.2, 0.25) is 5.15 Å². The van der Waals surface area contributed by atoms with Crippen molar-refractivity contribution in [3.8, 4) is 28.3 Å². The number of ether oxygens (including phenoxy) is 2. The molecule has 0 atom stereocenters. The van der Waals surface area contributed by atoms with E-state index in [1.54, 1.807) is 37.4 Å². The minimum absolute atomic E-state index is 0.0264. The van der Waals surface area contributed by atoms with Gasteiger partial charge in [-0.15, -0.1) is 0 Å². The lowest BCUT2D eigenvalue weighted by molar-refractivity contribution is -0.0498. The lowest BCUT2D eigenvalue weighted by atomic mass is 10.1. The van der Waals surface area contributed by atoms with Crippen molar-refractivity contribution >= 4 is 22.8 Å². The molecule has 0 N–H and O–H groups in total. The Morgan fingerprint density at radius 1 is 1.03 bits per heavy atom. The number of aromatic nitrogens is 3. The summed E-state index contributed by atoms with van der Waals surface area (Å²) in [6.45, 7) is -2.94. The first-order valence-electron chi connectivity index (χ1n) is 8.74. The van der Waals surface area contributed by atoms with E-state index >= 15 is 0 Å². The van der Waals surface area contributed by atoms with Crippen LogP contribution in [0.15, 0.2) is 65.6 Å². The van der Waals surface area contributed by atoms with E-state index < -0.39 is 6.61 Å². The van der Waals surface area contributed by atoms with Crippen molar-refractivity contribution in [3.05, 3.63) is 76.3 Å². The van der Waals surface area contributed by atoms with E-state index in [0.717, 1.165) is 0 Å². The highest BCUT2D eigenvalue weighted by Gasteiger charge is 2.16. The standard InChI is InChI=1S/C21H14ClF2N3O3/c1-29-14-6-2-12(3-7-14)16-10-17-19(26-18(22)11-25-17)27(20(16)28)13-4-8-15(9-5-13)30-21(23)24/h2-11,21H,1H3. The summed E-state index contributed by atoms with van der Waals surface area (Å²) in [5.74, 6) is 0.627. The van der Waals surface area contributed by atoms with Gasteiger partial charge < -0.3 is 9.47 Å². The summed E-state index contributed by atoms with van der Waals surface area (Å²) in [4.78, 5) is 21.9. The van der Waals surface area contributed by atoms with Gasteiger partial charge in [0.25, 0.3) is 5.56 Å². The van der Waals surface area contributed by atoms with Crippen LogP contribution in [0.1, 0.15) is 0 Å². The molecular formula is C21H14ClF2N3O3. The second-order valence-corrected chi connectivity index (χ2v) is 6.59. The normalized spacial score (nSPS) is 11.1. The Bertz CT molecular complexity index is 1260. The van der Waals surface area contributed by atoms with E-state index in [-0.39, 0.29) is 22.1 Å². The molecule has 152 valence electrons. The van der Waals surface area contributed by atoms with Crippen LogP contribution in [0.5, 0.6) is 11.5 Å². The second-order valence-electron chi connectivity index (χ2n) is 6.20. The van der Waals surface area contributed by atoms with Crippen LogP contribution >= 0.6 is 11.6 Å². The molecule has 4 aromatic rings. The molecular weight excluding hydrogens is 416 g/mol. The number of alkyl halides is 2. The van der Waals surface area contributed by atoms with Crippen molar-refractivity contribution in [2.75, 3.05) is 7.11 Å². The molecule has 9 heteroatoms. The molecule has 0 radical (unpaired) electrons. The van der Waals surface area contributed by atoms with Gasteiger partial charge in [-0.05, 0) is 48.0 Å². The van der Waals surface area contributed by atoms with Crippen molar-refractivity contribution in [2.45, 2.75) is 6.61 Å². The number of methoxy groups -OCH3 is 1. The number of benzene rings is 2. The maximum absolute atomic E-state index is 13.4. The van der Waals surface area contributed by atoms with Gasteiger partial charge in [0.1, 0.15) is 22.2 Å². The summed E-state index contributed by atoms with van der Waals surface area (Å²) in [7, 11) is 1.55. The Morgan fingerprint density at radius 2 is 1.70 bits per heavy atom. The van der Waals surface area contributed by atoms with E-state index in [1.165, 1.54) is 35.0 Å². The van der Waals surface area contributed by atoms with Crippen molar-refractivity contribution in [1.82, 2.24) is 14.5 Å². The fraction of sp³-hybridized carbons (Fsp3) is 0.0952. The monoisotopic (exact) mass is 429 g/mol. The van der Waals surface area contributed by atoms with Crippen LogP contribution in [-0.2, 0) is 0 Å². The minimum atomic E-state index is -2.94. The van der Waals surface area contributed by atoms with Gasteiger partial charge in [0.2, 0.25) is 0 Å². The average molecular weight is 430 g/mol. The summed E-state index contributed by atoms with van der Waals surface area (Å²) in [5.41, 5.74) is 1.76. The quantitative estimate of drug-likeness (QED) is 0.459. The Hall–Kier alpha value is -3.52. The molecule has 0 bridgehead atoms. The minimum Gasteiger partial charge on any atom is -0.497 e. The van der Waals surface area contributed by atoms with Gasteiger partial charge in [0.05, 0.1) is 19.0 Å². The van der Waals surface area contributed by atoms with E-state index in [2.05, 4.69) is 14.7 Å². The number of hydrogen-bond acceptors (Lipinski definition) is 5. The zero-order valence-corrected chi connectivity index (χ0v) is 16.3. The Labute approximate surface area is 174 Å². The number of rotatable bonds is 5. The van der Waals surface area contributed by atoms with Crippen LogP contribution in [-0.4, -0.2) is 28.3 Å². The van der Waals surface area contributed by atoms with Gasteiger partial charge in [-0.3, -0.25) is 9.36 Å². The highest BCUT2D eigenvalue weighted by molar-refractivity contribution is 6.29. The van der Waals surface area contributed by atoms with E-state index in [4.69, 9.17) is 16.3 Å². The first kappa shape index (κ1) is 19.8. The molecule has 0 saturated heterocycles.